The van der Waals surface area contributed by atoms with E-state index in [2.05, 4.69) is 34.1 Å². The molecule has 0 aromatic carbocycles. The lowest BCUT2D eigenvalue weighted by Gasteiger charge is -2.05. The molecule has 0 spiro atoms. The van der Waals surface area contributed by atoms with Crippen LogP contribution >= 0.6 is 0 Å². The second-order valence-electron chi connectivity index (χ2n) is 5.38. The Hall–Kier alpha value is -2.18. The maximum atomic E-state index is 11.7. The Morgan fingerprint density at radius 2 is 2.20 bits per heavy atom. The average Bonchev–Trinajstić information content (AvgIpc) is 3.04. The summed E-state index contributed by atoms with van der Waals surface area (Å²) in [6.45, 7) is 5.23. The van der Waals surface area contributed by atoms with Crippen molar-refractivity contribution in [3.8, 4) is 11.4 Å². The number of aromatic nitrogens is 5. The fourth-order valence-electron chi connectivity index (χ4n) is 1.69. The second-order valence-corrected chi connectivity index (χ2v) is 5.38. The number of amides is 1. The quantitative estimate of drug-likeness (QED) is 0.895. The summed E-state index contributed by atoms with van der Waals surface area (Å²) in [5, 5.41) is 11.0. The Balaban J connectivity index is 2.10. The molecule has 7 nitrogen and oxygen atoms in total. The average molecular weight is 276 g/mol. The topological polar surface area (TPSA) is 79.7 Å². The van der Waals surface area contributed by atoms with Crippen LogP contribution in [-0.4, -0.2) is 49.9 Å². The van der Waals surface area contributed by atoms with Gasteiger partial charge >= 0.3 is 0 Å². The summed E-state index contributed by atoms with van der Waals surface area (Å²) >= 11 is 0. The molecule has 108 valence electrons. The number of rotatable bonds is 5. The van der Waals surface area contributed by atoms with Gasteiger partial charge < -0.3 is 4.90 Å². The zero-order chi connectivity index (χ0) is 14.7. The summed E-state index contributed by atoms with van der Waals surface area (Å²) in [6, 6.07) is 0. The number of nitrogens with zero attached hydrogens (tertiary/aromatic N) is 5. The van der Waals surface area contributed by atoms with E-state index in [4.69, 9.17) is 0 Å². The fourth-order valence-corrected chi connectivity index (χ4v) is 1.69. The van der Waals surface area contributed by atoms with E-state index in [0.717, 1.165) is 18.5 Å². The first kappa shape index (κ1) is 14.2. The maximum absolute atomic E-state index is 11.7. The number of H-pyrrole nitrogens is 1. The molecular weight excluding hydrogens is 256 g/mol. The summed E-state index contributed by atoms with van der Waals surface area (Å²) in [7, 11) is 3.35. The van der Waals surface area contributed by atoms with E-state index in [1.54, 1.807) is 20.3 Å². The van der Waals surface area contributed by atoms with Crippen LogP contribution in [0.3, 0.4) is 0 Å². The number of hydrogen-bond acceptors (Lipinski definition) is 4. The molecule has 0 aliphatic heterocycles. The highest BCUT2D eigenvalue weighted by molar-refractivity contribution is 5.90. The van der Waals surface area contributed by atoms with Crippen molar-refractivity contribution in [1.82, 2.24) is 29.9 Å². The molecule has 0 radical (unpaired) electrons. The minimum absolute atomic E-state index is 0.198. The molecule has 0 aliphatic carbocycles. The van der Waals surface area contributed by atoms with Gasteiger partial charge in [-0.25, -0.2) is 4.98 Å². The van der Waals surface area contributed by atoms with Gasteiger partial charge in [0.2, 0.25) is 5.82 Å². The Labute approximate surface area is 118 Å². The van der Waals surface area contributed by atoms with Crippen molar-refractivity contribution in [2.45, 2.75) is 26.8 Å². The first-order valence-electron chi connectivity index (χ1n) is 6.64. The van der Waals surface area contributed by atoms with Gasteiger partial charge in [-0.3, -0.25) is 14.6 Å². The molecular formula is C13H20N6O. The SMILES string of the molecule is CC(C)CCn1cc(-c2n[nH]c(C(=O)N(C)C)n2)cn1. The number of nitrogens with one attached hydrogen (secondary N) is 1. The van der Waals surface area contributed by atoms with Crippen LogP contribution in [0.15, 0.2) is 12.4 Å². The molecule has 0 bridgehead atoms. The first-order chi connectivity index (χ1) is 9.47. The van der Waals surface area contributed by atoms with Crippen molar-refractivity contribution in [1.29, 1.82) is 0 Å². The fraction of sp³-hybridized carbons (Fsp3) is 0.538. The molecule has 1 amide bonds. The summed E-state index contributed by atoms with van der Waals surface area (Å²) in [5.74, 6) is 1.16. The molecule has 0 fully saturated rings. The van der Waals surface area contributed by atoms with Crippen molar-refractivity contribution in [2.24, 2.45) is 5.92 Å². The highest BCUT2D eigenvalue weighted by Crippen LogP contribution is 2.14. The molecule has 2 rings (SSSR count). The zero-order valence-electron chi connectivity index (χ0n) is 12.3. The van der Waals surface area contributed by atoms with Crippen LogP contribution in [0.2, 0.25) is 0 Å². The lowest BCUT2D eigenvalue weighted by molar-refractivity contribution is 0.0816. The lowest BCUT2D eigenvalue weighted by Crippen LogP contribution is -2.22. The predicted octanol–water partition coefficient (Wildman–Crippen LogP) is 1.42. The summed E-state index contributed by atoms with van der Waals surface area (Å²) in [5.41, 5.74) is 0.808. The zero-order valence-corrected chi connectivity index (χ0v) is 12.3. The monoisotopic (exact) mass is 276 g/mol. The molecule has 20 heavy (non-hydrogen) atoms. The molecule has 1 N–H and O–H groups in total. The summed E-state index contributed by atoms with van der Waals surface area (Å²) in [6.07, 6.45) is 4.68. The summed E-state index contributed by atoms with van der Waals surface area (Å²) in [4.78, 5) is 17.4. The van der Waals surface area contributed by atoms with Crippen molar-refractivity contribution in [3.63, 3.8) is 0 Å². The Morgan fingerprint density at radius 3 is 2.85 bits per heavy atom. The third kappa shape index (κ3) is 3.23. The van der Waals surface area contributed by atoms with Crippen LogP contribution in [0.5, 0.6) is 0 Å². The van der Waals surface area contributed by atoms with Crippen molar-refractivity contribution in [3.05, 3.63) is 18.2 Å². The van der Waals surface area contributed by atoms with Gasteiger partial charge in [-0.1, -0.05) is 13.8 Å². The number of hydrogen-bond donors (Lipinski definition) is 1. The van der Waals surface area contributed by atoms with Gasteiger partial charge in [0.1, 0.15) is 0 Å². The van der Waals surface area contributed by atoms with E-state index in [1.807, 2.05) is 10.9 Å². The normalized spacial score (nSPS) is 11.1. The van der Waals surface area contributed by atoms with Gasteiger partial charge in [0.25, 0.3) is 5.91 Å². The number of aryl methyl sites for hydroxylation is 1. The van der Waals surface area contributed by atoms with E-state index in [1.165, 1.54) is 4.90 Å². The van der Waals surface area contributed by atoms with Crippen LogP contribution in [0, 0.1) is 5.92 Å². The molecule has 2 aromatic rings. The molecule has 2 aromatic heterocycles. The lowest BCUT2D eigenvalue weighted by atomic mass is 10.1. The van der Waals surface area contributed by atoms with Crippen LogP contribution in [0.1, 0.15) is 30.9 Å². The third-order valence-electron chi connectivity index (χ3n) is 2.92. The number of carbonyl (C=O) groups is 1. The van der Waals surface area contributed by atoms with Gasteiger partial charge in [-0.2, -0.15) is 10.2 Å². The van der Waals surface area contributed by atoms with Gasteiger partial charge in [-0.05, 0) is 12.3 Å². The Bertz CT molecular complexity index is 583. The maximum Gasteiger partial charge on any atom is 0.290 e. The first-order valence-corrected chi connectivity index (χ1v) is 6.64. The van der Waals surface area contributed by atoms with Crippen molar-refractivity contribution < 1.29 is 4.79 Å². The highest BCUT2D eigenvalue weighted by Gasteiger charge is 2.15. The Kier molecular flexibility index (Phi) is 4.16. The van der Waals surface area contributed by atoms with Gasteiger partial charge in [0.15, 0.2) is 5.82 Å². The van der Waals surface area contributed by atoms with E-state index in [0.29, 0.717) is 11.7 Å². The van der Waals surface area contributed by atoms with Crippen LogP contribution in [0.4, 0.5) is 0 Å². The number of aromatic amines is 1. The van der Waals surface area contributed by atoms with E-state index >= 15 is 0 Å². The van der Waals surface area contributed by atoms with Crippen molar-refractivity contribution in [2.75, 3.05) is 14.1 Å². The summed E-state index contributed by atoms with van der Waals surface area (Å²) < 4.78 is 1.87. The van der Waals surface area contributed by atoms with Crippen LogP contribution in [0.25, 0.3) is 11.4 Å². The smallest absolute Gasteiger partial charge is 0.290 e. The molecule has 7 heteroatoms. The number of carbonyl (C=O) groups excluding carboxylic acids is 1. The van der Waals surface area contributed by atoms with Gasteiger partial charge in [0, 0.05) is 26.8 Å². The molecule has 0 saturated heterocycles. The molecule has 2 heterocycles. The van der Waals surface area contributed by atoms with Gasteiger partial charge in [0.05, 0.1) is 11.8 Å². The minimum atomic E-state index is -0.198. The van der Waals surface area contributed by atoms with Crippen LogP contribution in [-0.2, 0) is 6.54 Å². The van der Waals surface area contributed by atoms with E-state index < -0.39 is 0 Å². The van der Waals surface area contributed by atoms with Gasteiger partial charge in [-0.15, -0.1) is 0 Å². The standard InChI is InChI=1S/C13H20N6O/c1-9(2)5-6-19-8-10(7-14-19)11-15-12(17-16-11)13(20)18(3)4/h7-9H,5-6H2,1-4H3,(H,15,16,17). The van der Waals surface area contributed by atoms with E-state index in [-0.39, 0.29) is 11.7 Å². The minimum Gasteiger partial charge on any atom is -0.342 e. The van der Waals surface area contributed by atoms with Crippen LogP contribution < -0.4 is 0 Å². The van der Waals surface area contributed by atoms with Crippen molar-refractivity contribution >= 4 is 5.91 Å². The van der Waals surface area contributed by atoms with E-state index in [9.17, 15) is 4.79 Å². The second kappa shape index (κ2) is 5.85. The highest BCUT2D eigenvalue weighted by atomic mass is 16.2. The molecule has 0 atom stereocenters. The third-order valence-corrected chi connectivity index (χ3v) is 2.92. The molecule has 0 saturated carbocycles. The molecule has 0 aliphatic rings. The molecule has 0 unspecified atom stereocenters. The predicted molar refractivity (Wildman–Crippen MR) is 75.1 cm³/mol. The Morgan fingerprint density at radius 1 is 1.45 bits per heavy atom. The largest absolute Gasteiger partial charge is 0.342 e.